The van der Waals surface area contributed by atoms with Gasteiger partial charge >= 0.3 is 0 Å². The molecule has 6 heteroatoms. The van der Waals surface area contributed by atoms with Crippen LogP contribution in [0.15, 0.2) is 12.4 Å². The quantitative estimate of drug-likeness (QED) is 0.703. The monoisotopic (exact) mass is 238 g/mol. The van der Waals surface area contributed by atoms with Gasteiger partial charge in [0.2, 0.25) is 0 Å². The van der Waals surface area contributed by atoms with Gasteiger partial charge in [-0.2, -0.15) is 0 Å². The Morgan fingerprint density at radius 3 is 2.94 bits per heavy atom. The largest absolute Gasteiger partial charge is 0.382 e. The average Bonchev–Trinajstić information content (AvgIpc) is 2.28. The molecule has 0 radical (unpaired) electrons. The molecule has 1 aromatic heterocycles. The average molecular weight is 238 g/mol. The summed E-state index contributed by atoms with van der Waals surface area (Å²) in [6.07, 6.45) is 2.77. The molecule has 1 heterocycles. The molecule has 0 aliphatic rings. The standard InChI is InChI=1S/C11H18N4O2/c1-8(2)7-17-4-3-14-11(16)9-5-13-6-10(12)15-9/h5-6,8H,3-4,7H2,1-2H3,(H2,12,15)(H,14,16). The second kappa shape index (κ2) is 6.80. The molecule has 0 aliphatic carbocycles. The Kier molecular flexibility index (Phi) is 5.35. The van der Waals surface area contributed by atoms with Crippen LogP contribution >= 0.6 is 0 Å². The number of nitrogens with two attached hydrogens (primary N) is 1. The summed E-state index contributed by atoms with van der Waals surface area (Å²) in [5.41, 5.74) is 5.64. The molecular formula is C11H18N4O2. The van der Waals surface area contributed by atoms with Crippen LogP contribution in [0.25, 0.3) is 0 Å². The first kappa shape index (κ1) is 13.4. The number of ether oxygens (including phenoxy) is 1. The smallest absolute Gasteiger partial charge is 0.271 e. The van der Waals surface area contributed by atoms with Crippen molar-refractivity contribution in [2.45, 2.75) is 13.8 Å². The summed E-state index contributed by atoms with van der Waals surface area (Å²) in [6.45, 7) is 5.76. The molecule has 1 rings (SSSR count). The third-order valence-corrected chi connectivity index (χ3v) is 1.87. The molecule has 17 heavy (non-hydrogen) atoms. The van der Waals surface area contributed by atoms with Crippen molar-refractivity contribution in [2.24, 2.45) is 5.92 Å². The molecule has 0 atom stereocenters. The van der Waals surface area contributed by atoms with E-state index in [1.807, 2.05) is 0 Å². The zero-order valence-electron chi connectivity index (χ0n) is 10.1. The molecule has 0 aliphatic heterocycles. The van der Waals surface area contributed by atoms with Crippen molar-refractivity contribution in [2.75, 3.05) is 25.5 Å². The van der Waals surface area contributed by atoms with Gasteiger partial charge in [-0.25, -0.2) is 4.98 Å². The minimum atomic E-state index is -0.294. The summed E-state index contributed by atoms with van der Waals surface area (Å²) in [7, 11) is 0. The number of hydrogen-bond donors (Lipinski definition) is 2. The molecule has 0 unspecified atom stereocenters. The topological polar surface area (TPSA) is 90.1 Å². The second-order valence-electron chi connectivity index (χ2n) is 4.05. The predicted octanol–water partition coefficient (Wildman–Crippen LogP) is 0.461. The van der Waals surface area contributed by atoms with Gasteiger partial charge in [-0.15, -0.1) is 0 Å². The van der Waals surface area contributed by atoms with Crippen molar-refractivity contribution >= 4 is 11.7 Å². The van der Waals surface area contributed by atoms with E-state index in [4.69, 9.17) is 10.5 Å². The van der Waals surface area contributed by atoms with Gasteiger partial charge in [-0.1, -0.05) is 13.8 Å². The van der Waals surface area contributed by atoms with E-state index in [2.05, 4.69) is 29.1 Å². The third kappa shape index (κ3) is 5.26. The summed E-state index contributed by atoms with van der Waals surface area (Å²) in [5.74, 6) is 0.428. The molecule has 94 valence electrons. The van der Waals surface area contributed by atoms with Gasteiger partial charge in [0.05, 0.1) is 19.0 Å². The van der Waals surface area contributed by atoms with Crippen molar-refractivity contribution < 1.29 is 9.53 Å². The fourth-order valence-corrected chi connectivity index (χ4v) is 1.14. The Balaban J connectivity index is 2.26. The molecule has 0 saturated carbocycles. The molecule has 0 bridgehead atoms. The first-order valence-electron chi connectivity index (χ1n) is 5.53. The lowest BCUT2D eigenvalue weighted by Crippen LogP contribution is -2.28. The number of hydrogen-bond acceptors (Lipinski definition) is 5. The summed E-state index contributed by atoms with van der Waals surface area (Å²) in [4.78, 5) is 19.2. The number of anilines is 1. The lowest BCUT2D eigenvalue weighted by molar-refractivity contribution is 0.0882. The number of carbonyl (C=O) groups excluding carboxylic acids is 1. The van der Waals surface area contributed by atoms with Gasteiger partial charge in [0, 0.05) is 13.2 Å². The number of carbonyl (C=O) groups is 1. The highest BCUT2D eigenvalue weighted by molar-refractivity contribution is 5.92. The van der Waals surface area contributed by atoms with E-state index in [1.165, 1.54) is 12.4 Å². The number of rotatable bonds is 6. The first-order chi connectivity index (χ1) is 8.09. The lowest BCUT2D eigenvalue weighted by atomic mass is 10.2. The molecule has 0 spiro atoms. The Hall–Kier alpha value is -1.69. The Labute approximate surface area is 101 Å². The van der Waals surface area contributed by atoms with E-state index < -0.39 is 0 Å². The van der Waals surface area contributed by atoms with E-state index >= 15 is 0 Å². The maximum atomic E-state index is 11.6. The number of amides is 1. The highest BCUT2D eigenvalue weighted by Crippen LogP contribution is 1.96. The third-order valence-electron chi connectivity index (χ3n) is 1.87. The fourth-order valence-electron chi connectivity index (χ4n) is 1.14. The summed E-state index contributed by atoms with van der Waals surface area (Å²) >= 11 is 0. The van der Waals surface area contributed by atoms with Gasteiger partial charge in [-0.05, 0) is 5.92 Å². The molecule has 1 aromatic rings. The van der Waals surface area contributed by atoms with Crippen LogP contribution < -0.4 is 11.1 Å². The second-order valence-corrected chi connectivity index (χ2v) is 4.05. The van der Waals surface area contributed by atoms with Crippen LogP contribution in [-0.2, 0) is 4.74 Å². The minimum Gasteiger partial charge on any atom is -0.382 e. The highest BCUT2D eigenvalue weighted by atomic mass is 16.5. The molecule has 0 saturated heterocycles. The summed E-state index contributed by atoms with van der Waals surface area (Å²) in [6, 6.07) is 0. The molecule has 0 aromatic carbocycles. The predicted molar refractivity (Wildman–Crippen MR) is 64.4 cm³/mol. The zero-order valence-corrected chi connectivity index (χ0v) is 10.1. The van der Waals surface area contributed by atoms with Crippen molar-refractivity contribution in [1.29, 1.82) is 0 Å². The van der Waals surface area contributed by atoms with Gasteiger partial charge < -0.3 is 15.8 Å². The van der Waals surface area contributed by atoms with E-state index in [-0.39, 0.29) is 17.4 Å². The molecule has 6 nitrogen and oxygen atoms in total. The maximum absolute atomic E-state index is 11.6. The normalized spacial score (nSPS) is 10.5. The number of nitrogens with one attached hydrogen (secondary N) is 1. The van der Waals surface area contributed by atoms with E-state index in [0.717, 1.165) is 0 Å². The van der Waals surface area contributed by atoms with Crippen molar-refractivity contribution in [1.82, 2.24) is 15.3 Å². The molecule has 3 N–H and O–H groups in total. The fraction of sp³-hybridized carbons (Fsp3) is 0.545. The minimum absolute atomic E-state index is 0.217. The maximum Gasteiger partial charge on any atom is 0.271 e. The van der Waals surface area contributed by atoms with Crippen LogP contribution in [0, 0.1) is 5.92 Å². The van der Waals surface area contributed by atoms with E-state index in [0.29, 0.717) is 25.7 Å². The van der Waals surface area contributed by atoms with Crippen LogP contribution in [-0.4, -0.2) is 35.6 Å². The van der Waals surface area contributed by atoms with Crippen LogP contribution in [0.1, 0.15) is 24.3 Å². The van der Waals surface area contributed by atoms with Crippen LogP contribution in [0.2, 0.25) is 0 Å². The number of nitrogens with zero attached hydrogens (tertiary/aromatic N) is 2. The molecule has 0 fully saturated rings. The lowest BCUT2D eigenvalue weighted by Gasteiger charge is -2.07. The van der Waals surface area contributed by atoms with Crippen molar-refractivity contribution in [3.63, 3.8) is 0 Å². The van der Waals surface area contributed by atoms with E-state index in [1.54, 1.807) is 0 Å². The Morgan fingerprint density at radius 1 is 1.53 bits per heavy atom. The van der Waals surface area contributed by atoms with Crippen molar-refractivity contribution in [3.05, 3.63) is 18.1 Å². The SMILES string of the molecule is CC(C)COCCNC(=O)c1cncc(N)n1. The van der Waals surface area contributed by atoms with Gasteiger partial charge in [0.15, 0.2) is 0 Å². The van der Waals surface area contributed by atoms with Crippen LogP contribution in [0.5, 0.6) is 0 Å². The highest BCUT2D eigenvalue weighted by Gasteiger charge is 2.06. The van der Waals surface area contributed by atoms with Gasteiger partial charge in [0.25, 0.3) is 5.91 Å². The molecule has 1 amide bonds. The zero-order chi connectivity index (χ0) is 12.7. The Bertz CT molecular complexity index is 368. The summed E-state index contributed by atoms with van der Waals surface area (Å²) < 4.78 is 5.33. The van der Waals surface area contributed by atoms with Crippen LogP contribution in [0.4, 0.5) is 5.82 Å². The number of aromatic nitrogens is 2. The van der Waals surface area contributed by atoms with Crippen molar-refractivity contribution in [3.8, 4) is 0 Å². The number of nitrogen functional groups attached to an aromatic ring is 1. The first-order valence-corrected chi connectivity index (χ1v) is 5.53. The van der Waals surface area contributed by atoms with Gasteiger partial charge in [0.1, 0.15) is 11.5 Å². The summed E-state index contributed by atoms with van der Waals surface area (Å²) in [5, 5.41) is 2.68. The van der Waals surface area contributed by atoms with Crippen LogP contribution in [0.3, 0.4) is 0 Å². The van der Waals surface area contributed by atoms with E-state index in [9.17, 15) is 4.79 Å². The molecular weight excluding hydrogens is 220 g/mol. The Morgan fingerprint density at radius 2 is 2.29 bits per heavy atom. The van der Waals surface area contributed by atoms with Gasteiger partial charge in [-0.3, -0.25) is 9.78 Å².